The Balaban J connectivity index is 2.32. The van der Waals surface area contributed by atoms with Crippen LogP contribution in [0.3, 0.4) is 0 Å². The zero-order chi connectivity index (χ0) is 6.74. The van der Waals surface area contributed by atoms with Crippen LogP contribution in [0.25, 0.3) is 0 Å². The molecule has 1 unspecified atom stereocenters. The van der Waals surface area contributed by atoms with Gasteiger partial charge in [0.2, 0.25) is 0 Å². The van der Waals surface area contributed by atoms with E-state index in [1.54, 1.807) is 0 Å². The normalized spacial score (nSPS) is 35.3. The number of nitrogens with two attached hydrogens (primary N) is 1. The molecule has 1 saturated heterocycles. The molecule has 2 heteroatoms. The number of rotatable bonds is 2. The maximum absolute atomic E-state index is 5.96. The van der Waals surface area contributed by atoms with Crippen LogP contribution in [0, 0.1) is 0 Å². The minimum atomic E-state index is -0.00521. The maximum atomic E-state index is 5.96. The van der Waals surface area contributed by atoms with Crippen LogP contribution in [0.15, 0.2) is 0 Å². The molecule has 1 aliphatic rings. The summed E-state index contributed by atoms with van der Waals surface area (Å²) in [4.78, 5) is 0. The second kappa shape index (κ2) is 2.67. The average molecular weight is 128 g/mol. The Labute approximate surface area is 56.8 Å². The van der Waals surface area contributed by atoms with Crippen LogP contribution in [0.1, 0.15) is 32.6 Å². The van der Waals surface area contributed by atoms with E-state index in [9.17, 15) is 0 Å². The summed E-state index contributed by atoms with van der Waals surface area (Å²) in [5, 5.41) is 3.31. The lowest BCUT2D eigenvalue weighted by atomic mass is 10.0. The summed E-state index contributed by atoms with van der Waals surface area (Å²) in [6.07, 6.45) is 4.70. The van der Waals surface area contributed by atoms with Gasteiger partial charge in [0.1, 0.15) is 0 Å². The topological polar surface area (TPSA) is 38.0 Å². The van der Waals surface area contributed by atoms with E-state index in [4.69, 9.17) is 5.73 Å². The minimum Gasteiger partial charge on any atom is -0.313 e. The molecule has 1 aliphatic heterocycles. The standard InChI is InChI=1S/C7H16N2/c1-2-4-7(8)5-3-6-9-7/h9H,2-6,8H2,1H3. The van der Waals surface area contributed by atoms with Crippen LogP contribution in [0.4, 0.5) is 0 Å². The predicted octanol–water partition coefficient (Wildman–Crippen LogP) is 0.825. The number of hydrogen-bond acceptors (Lipinski definition) is 2. The number of nitrogens with one attached hydrogen (secondary N) is 1. The van der Waals surface area contributed by atoms with Crippen molar-refractivity contribution >= 4 is 0 Å². The van der Waals surface area contributed by atoms with Crippen LogP contribution in [0.5, 0.6) is 0 Å². The van der Waals surface area contributed by atoms with Gasteiger partial charge in [-0.15, -0.1) is 0 Å². The molecule has 0 aliphatic carbocycles. The smallest absolute Gasteiger partial charge is 0.0662 e. The fourth-order valence-corrected chi connectivity index (χ4v) is 1.49. The molecule has 1 heterocycles. The summed E-state index contributed by atoms with van der Waals surface area (Å²) in [7, 11) is 0. The molecule has 0 spiro atoms. The van der Waals surface area contributed by atoms with Crippen molar-refractivity contribution in [1.82, 2.24) is 5.32 Å². The van der Waals surface area contributed by atoms with Crippen molar-refractivity contribution in [3.8, 4) is 0 Å². The summed E-state index contributed by atoms with van der Waals surface area (Å²) >= 11 is 0. The fourth-order valence-electron chi connectivity index (χ4n) is 1.49. The third-order valence-electron chi connectivity index (χ3n) is 1.97. The highest BCUT2D eigenvalue weighted by molar-refractivity contribution is 4.86. The first-order chi connectivity index (χ1) is 4.27. The van der Waals surface area contributed by atoms with Gasteiger partial charge in [-0.1, -0.05) is 13.3 Å². The van der Waals surface area contributed by atoms with Crippen molar-refractivity contribution in [2.24, 2.45) is 5.73 Å². The van der Waals surface area contributed by atoms with Crippen molar-refractivity contribution < 1.29 is 0 Å². The van der Waals surface area contributed by atoms with Gasteiger partial charge in [0.25, 0.3) is 0 Å². The Bertz CT molecular complexity index is 84.9. The number of hydrogen-bond donors (Lipinski definition) is 2. The van der Waals surface area contributed by atoms with E-state index in [1.165, 1.54) is 12.8 Å². The molecule has 3 N–H and O–H groups in total. The van der Waals surface area contributed by atoms with Crippen LogP contribution in [0.2, 0.25) is 0 Å². The highest BCUT2D eigenvalue weighted by Crippen LogP contribution is 2.17. The SMILES string of the molecule is CCCC1(N)CCCN1. The summed E-state index contributed by atoms with van der Waals surface area (Å²) in [5.41, 5.74) is 5.95. The molecular weight excluding hydrogens is 112 g/mol. The van der Waals surface area contributed by atoms with Gasteiger partial charge in [0.15, 0.2) is 0 Å². The highest BCUT2D eigenvalue weighted by atomic mass is 15.1. The molecule has 0 aromatic rings. The summed E-state index contributed by atoms with van der Waals surface area (Å²) in [6, 6.07) is 0. The van der Waals surface area contributed by atoms with Crippen LogP contribution >= 0.6 is 0 Å². The van der Waals surface area contributed by atoms with E-state index in [1.807, 2.05) is 0 Å². The molecule has 0 aromatic heterocycles. The van der Waals surface area contributed by atoms with E-state index in [0.717, 1.165) is 19.4 Å². The van der Waals surface area contributed by atoms with Crippen molar-refractivity contribution in [3.05, 3.63) is 0 Å². The molecule has 0 radical (unpaired) electrons. The molecule has 0 bridgehead atoms. The quantitative estimate of drug-likeness (QED) is 0.578. The van der Waals surface area contributed by atoms with Crippen molar-refractivity contribution in [3.63, 3.8) is 0 Å². The first kappa shape index (κ1) is 7.03. The Morgan fingerprint density at radius 3 is 2.89 bits per heavy atom. The molecule has 1 rings (SSSR count). The molecule has 2 nitrogen and oxygen atoms in total. The van der Waals surface area contributed by atoms with Gasteiger partial charge in [-0.25, -0.2) is 0 Å². The fraction of sp³-hybridized carbons (Fsp3) is 1.00. The van der Waals surface area contributed by atoms with E-state index in [2.05, 4.69) is 12.2 Å². The largest absolute Gasteiger partial charge is 0.313 e. The zero-order valence-electron chi connectivity index (χ0n) is 6.11. The highest BCUT2D eigenvalue weighted by Gasteiger charge is 2.26. The van der Waals surface area contributed by atoms with E-state index in [-0.39, 0.29) is 5.66 Å². The Morgan fingerprint density at radius 1 is 1.67 bits per heavy atom. The lowest BCUT2D eigenvalue weighted by Crippen LogP contribution is -2.48. The molecule has 9 heavy (non-hydrogen) atoms. The minimum absolute atomic E-state index is 0.00521. The summed E-state index contributed by atoms with van der Waals surface area (Å²) < 4.78 is 0. The van der Waals surface area contributed by atoms with Gasteiger partial charge in [-0.05, 0) is 25.8 Å². The summed E-state index contributed by atoms with van der Waals surface area (Å²) in [5.74, 6) is 0. The van der Waals surface area contributed by atoms with Gasteiger partial charge in [-0.3, -0.25) is 5.32 Å². The first-order valence-electron chi connectivity index (χ1n) is 3.81. The zero-order valence-corrected chi connectivity index (χ0v) is 6.11. The predicted molar refractivity (Wildman–Crippen MR) is 39.1 cm³/mol. The van der Waals surface area contributed by atoms with Crippen LogP contribution in [-0.4, -0.2) is 12.2 Å². The monoisotopic (exact) mass is 128 g/mol. The maximum Gasteiger partial charge on any atom is 0.0662 e. The molecule has 0 aromatic carbocycles. The Kier molecular flexibility index (Phi) is 2.09. The van der Waals surface area contributed by atoms with Gasteiger partial charge < -0.3 is 5.73 Å². The Hall–Kier alpha value is -0.0800. The lowest BCUT2D eigenvalue weighted by molar-refractivity contribution is 0.358. The average Bonchev–Trinajstić information content (AvgIpc) is 2.16. The van der Waals surface area contributed by atoms with Gasteiger partial charge in [0.05, 0.1) is 5.66 Å². The van der Waals surface area contributed by atoms with E-state index < -0.39 is 0 Å². The molecule has 1 atom stereocenters. The van der Waals surface area contributed by atoms with Crippen molar-refractivity contribution in [2.45, 2.75) is 38.3 Å². The van der Waals surface area contributed by atoms with Crippen LogP contribution < -0.4 is 11.1 Å². The van der Waals surface area contributed by atoms with Gasteiger partial charge in [0, 0.05) is 0 Å². The molecular formula is C7H16N2. The molecule has 0 amide bonds. The molecule has 54 valence electrons. The second-order valence-corrected chi connectivity index (χ2v) is 2.94. The third-order valence-corrected chi connectivity index (χ3v) is 1.97. The van der Waals surface area contributed by atoms with Crippen molar-refractivity contribution in [2.75, 3.05) is 6.54 Å². The van der Waals surface area contributed by atoms with Gasteiger partial charge in [-0.2, -0.15) is 0 Å². The second-order valence-electron chi connectivity index (χ2n) is 2.94. The van der Waals surface area contributed by atoms with Gasteiger partial charge >= 0.3 is 0 Å². The van der Waals surface area contributed by atoms with Crippen LogP contribution in [-0.2, 0) is 0 Å². The molecule has 1 fully saturated rings. The third kappa shape index (κ3) is 1.66. The first-order valence-corrected chi connectivity index (χ1v) is 3.81. The lowest BCUT2D eigenvalue weighted by Gasteiger charge is -2.22. The van der Waals surface area contributed by atoms with E-state index >= 15 is 0 Å². The molecule has 0 saturated carbocycles. The van der Waals surface area contributed by atoms with E-state index in [0.29, 0.717) is 0 Å². The van der Waals surface area contributed by atoms with Crippen molar-refractivity contribution in [1.29, 1.82) is 0 Å². The Morgan fingerprint density at radius 2 is 2.44 bits per heavy atom. The summed E-state index contributed by atoms with van der Waals surface area (Å²) in [6.45, 7) is 3.28.